The Morgan fingerprint density at radius 2 is 1.59 bits per heavy atom. The number of nitrogens with one attached hydrogen (secondary N) is 2. The van der Waals surface area contributed by atoms with Gasteiger partial charge in [-0.1, -0.05) is 36.4 Å². The molecule has 2 aromatic rings. The lowest BCUT2D eigenvalue weighted by molar-refractivity contribution is -0.134. The van der Waals surface area contributed by atoms with E-state index in [1.165, 1.54) is 13.2 Å². The predicted molar refractivity (Wildman–Crippen MR) is 106 cm³/mol. The second-order valence-electron chi connectivity index (χ2n) is 6.04. The summed E-state index contributed by atoms with van der Waals surface area (Å²) < 4.78 is 4.62. The van der Waals surface area contributed by atoms with Crippen LogP contribution in [0.4, 0.5) is 0 Å². The summed E-state index contributed by atoms with van der Waals surface area (Å²) in [6.07, 6.45) is 2.14. The first-order valence-electron chi connectivity index (χ1n) is 8.49. The second kappa shape index (κ2) is 9.33. The van der Waals surface area contributed by atoms with E-state index in [1.807, 2.05) is 31.2 Å². The van der Waals surface area contributed by atoms with E-state index in [-0.39, 0.29) is 17.7 Å². The van der Waals surface area contributed by atoms with Gasteiger partial charge in [0.1, 0.15) is 5.84 Å². The van der Waals surface area contributed by atoms with Crippen LogP contribution in [0.25, 0.3) is 5.57 Å². The molecule has 0 spiro atoms. The summed E-state index contributed by atoms with van der Waals surface area (Å²) in [5, 5.41) is 10.2. The van der Waals surface area contributed by atoms with Crippen molar-refractivity contribution in [3.8, 4) is 0 Å². The first-order valence-corrected chi connectivity index (χ1v) is 8.49. The predicted octanol–water partition coefficient (Wildman–Crippen LogP) is 2.52. The Balaban J connectivity index is 1.88. The van der Waals surface area contributed by atoms with E-state index in [1.54, 1.807) is 24.3 Å². The molecule has 0 aliphatic carbocycles. The first-order chi connectivity index (χ1) is 12.9. The van der Waals surface area contributed by atoms with Crippen LogP contribution in [0.1, 0.15) is 34.0 Å². The van der Waals surface area contributed by atoms with Gasteiger partial charge in [-0.15, -0.1) is 0 Å². The number of amidine groups is 1. The molecule has 27 heavy (non-hydrogen) atoms. The summed E-state index contributed by atoms with van der Waals surface area (Å²) in [6.45, 7) is 2.35. The fraction of sp³-hybridized carbons (Fsp3) is 0.190. The summed E-state index contributed by atoms with van der Waals surface area (Å²) in [6, 6.07) is 14.4. The van der Waals surface area contributed by atoms with Gasteiger partial charge in [-0.3, -0.25) is 10.2 Å². The van der Waals surface area contributed by atoms with Gasteiger partial charge in [0.15, 0.2) is 0 Å². The highest BCUT2D eigenvalue weighted by Gasteiger charge is 2.06. The second-order valence-corrected chi connectivity index (χ2v) is 6.04. The molecule has 4 N–H and O–H groups in total. The number of allylic oxidation sites excluding steroid dienone is 1. The van der Waals surface area contributed by atoms with Gasteiger partial charge in [0.25, 0.3) is 5.91 Å². The van der Waals surface area contributed by atoms with Crippen LogP contribution in [0.2, 0.25) is 0 Å². The number of nitrogens with two attached hydrogens (primary N) is 1. The van der Waals surface area contributed by atoms with E-state index >= 15 is 0 Å². The molecule has 2 aromatic carbocycles. The summed E-state index contributed by atoms with van der Waals surface area (Å²) in [5.74, 6) is -0.573. The van der Waals surface area contributed by atoms with Gasteiger partial charge >= 0.3 is 5.97 Å². The van der Waals surface area contributed by atoms with Crippen molar-refractivity contribution in [2.75, 3.05) is 13.7 Å². The van der Waals surface area contributed by atoms with Crippen molar-refractivity contribution in [1.29, 1.82) is 5.41 Å². The Bertz CT molecular complexity index is 853. The van der Waals surface area contributed by atoms with E-state index in [2.05, 4.69) is 10.1 Å². The number of benzene rings is 2. The lowest BCUT2D eigenvalue weighted by Gasteiger charge is -2.07. The maximum absolute atomic E-state index is 12.1. The number of hydrogen-bond donors (Lipinski definition) is 3. The van der Waals surface area contributed by atoms with Gasteiger partial charge in [-0.25, -0.2) is 4.79 Å². The minimum absolute atomic E-state index is 0.0259. The largest absolute Gasteiger partial charge is 0.466 e. The topological polar surface area (TPSA) is 105 Å². The third-order valence-corrected chi connectivity index (χ3v) is 4.10. The Morgan fingerprint density at radius 3 is 2.15 bits per heavy atom. The van der Waals surface area contributed by atoms with Crippen LogP contribution in [-0.4, -0.2) is 31.4 Å². The van der Waals surface area contributed by atoms with Crippen molar-refractivity contribution in [2.24, 2.45) is 5.73 Å². The summed E-state index contributed by atoms with van der Waals surface area (Å²) in [4.78, 5) is 23.4. The maximum atomic E-state index is 12.1. The number of ether oxygens (including phenoxy) is 1. The van der Waals surface area contributed by atoms with Gasteiger partial charge < -0.3 is 15.8 Å². The molecule has 0 aromatic heterocycles. The van der Waals surface area contributed by atoms with Crippen LogP contribution in [0.3, 0.4) is 0 Å². The summed E-state index contributed by atoms with van der Waals surface area (Å²) in [5.41, 5.74) is 9.37. The molecule has 0 aliphatic rings. The molecule has 6 nitrogen and oxygen atoms in total. The molecular weight excluding hydrogens is 342 g/mol. The number of carbonyl (C=O) groups excluding carboxylic acids is 2. The average Bonchev–Trinajstić information content (AvgIpc) is 2.68. The molecule has 0 aliphatic heterocycles. The Kier molecular flexibility index (Phi) is 6.88. The van der Waals surface area contributed by atoms with Gasteiger partial charge in [0, 0.05) is 23.7 Å². The van der Waals surface area contributed by atoms with Crippen molar-refractivity contribution in [1.82, 2.24) is 5.32 Å². The number of rotatable bonds is 7. The quantitative estimate of drug-likeness (QED) is 0.303. The van der Waals surface area contributed by atoms with Crippen LogP contribution in [0.15, 0.2) is 54.6 Å². The Labute approximate surface area is 158 Å². The molecule has 0 heterocycles. The Hall–Kier alpha value is -3.41. The zero-order chi connectivity index (χ0) is 19.8. The van der Waals surface area contributed by atoms with E-state index in [9.17, 15) is 9.59 Å². The molecule has 0 fully saturated rings. The molecule has 2 rings (SSSR count). The highest BCUT2D eigenvalue weighted by atomic mass is 16.5. The number of carbonyl (C=O) groups is 2. The first kappa shape index (κ1) is 19.9. The van der Waals surface area contributed by atoms with Crippen LogP contribution >= 0.6 is 0 Å². The van der Waals surface area contributed by atoms with E-state index in [0.29, 0.717) is 24.1 Å². The monoisotopic (exact) mass is 365 g/mol. The Morgan fingerprint density at radius 1 is 1.04 bits per heavy atom. The standard InChI is InChI=1S/C21H23N3O3/c1-14(13-19(25)27-2)16-5-3-15(4-6-16)11-12-24-21(26)18-9-7-17(8-10-18)20(22)23/h3-10,13H,11-12H2,1-2H3,(H3,22,23)(H,24,26). The SMILES string of the molecule is COC(=O)C=C(C)c1ccc(CCNC(=O)c2ccc(C(=N)N)cc2)cc1. The molecule has 140 valence electrons. The molecule has 1 amide bonds. The fourth-order valence-electron chi connectivity index (χ4n) is 2.48. The molecule has 0 atom stereocenters. The fourth-order valence-corrected chi connectivity index (χ4v) is 2.48. The average molecular weight is 365 g/mol. The van der Waals surface area contributed by atoms with Crippen molar-refractivity contribution < 1.29 is 14.3 Å². The van der Waals surface area contributed by atoms with Crippen molar-refractivity contribution >= 4 is 23.3 Å². The third kappa shape index (κ3) is 5.81. The smallest absolute Gasteiger partial charge is 0.330 e. The molecule has 6 heteroatoms. The molecule has 0 bridgehead atoms. The molecule has 0 saturated carbocycles. The number of nitrogen functional groups attached to an aromatic ring is 1. The van der Waals surface area contributed by atoms with Gasteiger partial charge in [0.05, 0.1) is 7.11 Å². The van der Waals surface area contributed by atoms with Crippen molar-refractivity contribution in [2.45, 2.75) is 13.3 Å². The molecule has 0 saturated heterocycles. The lowest BCUT2D eigenvalue weighted by Crippen LogP contribution is -2.25. The van der Waals surface area contributed by atoms with Crippen LogP contribution < -0.4 is 11.1 Å². The molecule has 0 unspecified atom stereocenters. The minimum atomic E-state index is -0.379. The van der Waals surface area contributed by atoms with Crippen LogP contribution in [0.5, 0.6) is 0 Å². The van der Waals surface area contributed by atoms with Crippen molar-refractivity contribution in [3.63, 3.8) is 0 Å². The number of hydrogen-bond acceptors (Lipinski definition) is 4. The van der Waals surface area contributed by atoms with E-state index in [4.69, 9.17) is 11.1 Å². The van der Waals surface area contributed by atoms with E-state index in [0.717, 1.165) is 16.7 Å². The van der Waals surface area contributed by atoms with Crippen LogP contribution in [0, 0.1) is 5.41 Å². The van der Waals surface area contributed by atoms with Crippen molar-refractivity contribution in [3.05, 3.63) is 76.9 Å². The number of methoxy groups -OCH3 is 1. The summed E-state index contributed by atoms with van der Waals surface area (Å²) >= 11 is 0. The number of amides is 1. The zero-order valence-corrected chi connectivity index (χ0v) is 15.4. The lowest BCUT2D eigenvalue weighted by atomic mass is 10.0. The highest BCUT2D eigenvalue weighted by molar-refractivity contribution is 5.98. The zero-order valence-electron chi connectivity index (χ0n) is 15.4. The number of esters is 1. The van der Waals surface area contributed by atoms with Gasteiger partial charge in [0.2, 0.25) is 0 Å². The van der Waals surface area contributed by atoms with E-state index < -0.39 is 0 Å². The highest BCUT2D eigenvalue weighted by Crippen LogP contribution is 2.15. The molecule has 0 radical (unpaired) electrons. The third-order valence-electron chi connectivity index (χ3n) is 4.10. The van der Waals surface area contributed by atoms with Gasteiger partial charge in [-0.05, 0) is 42.2 Å². The van der Waals surface area contributed by atoms with Crippen LogP contribution in [-0.2, 0) is 16.0 Å². The minimum Gasteiger partial charge on any atom is -0.466 e. The molecular formula is C21H23N3O3. The summed E-state index contributed by atoms with van der Waals surface area (Å²) in [7, 11) is 1.35. The van der Waals surface area contributed by atoms with Gasteiger partial charge in [-0.2, -0.15) is 0 Å². The maximum Gasteiger partial charge on any atom is 0.330 e. The normalized spacial score (nSPS) is 11.0.